The summed E-state index contributed by atoms with van der Waals surface area (Å²) in [5.41, 5.74) is 2.75. The first-order valence-electron chi connectivity index (χ1n) is 7.04. The van der Waals surface area contributed by atoms with Gasteiger partial charge in [0.15, 0.2) is 0 Å². The predicted octanol–water partition coefficient (Wildman–Crippen LogP) is 3.29. The second kappa shape index (κ2) is 6.27. The van der Waals surface area contributed by atoms with Gasteiger partial charge in [-0.2, -0.15) is 0 Å². The highest BCUT2D eigenvalue weighted by molar-refractivity contribution is 5.60. The van der Waals surface area contributed by atoms with E-state index in [2.05, 4.69) is 15.3 Å². The highest BCUT2D eigenvalue weighted by Gasteiger charge is 2.09. The van der Waals surface area contributed by atoms with Crippen LogP contribution in [0.25, 0.3) is 0 Å². The average molecular weight is 309 g/mol. The van der Waals surface area contributed by atoms with E-state index in [1.807, 2.05) is 35.0 Å². The molecular weight excluding hydrogens is 294 g/mol. The molecule has 1 N–H and O–H groups in total. The average Bonchev–Trinajstić information content (AvgIpc) is 3.04. The number of nitrogens with one attached hydrogen (secondary N) is 1. The first-order valence-corrected chi connectivity index (χ1v) is 7.04. The van der Waals surface area contributed by atoms with E-state index in [9.17, 15) is 10.1 Å². The minimum absolute atomic E-state index is 0.0104. The van der Waals surface area contributed by atoms with Gasteiger partial charge < -0.3 is 9.88 Å². The second-order valence-electron chi connectivity index (χ2n) is 5.17. The molecule has 0 aliphatic rings. The number of anilines is 2. The number of rotatable bonds is 5. The lowest BCUT2D eigenvalue weighted by molar-refractivity contribution is -0.385. The van der Waals surface area contributed by atoms with Crippen molar-refractivity contribution < 1.29 is 4.92 Å². The number of pyridine rings is 1. The molecule has 0 atom stereocenters. The number of imidazole rings is 1. The monoisotopic (exact) mass is 309 g/mol. The Morgan fingerprint density at radius 2 is 2.09 bits per heavy atom. The number of aryl methyl sites for hydroxylation is 1. The third-order valence-electron chi connectivity index (χ3n) is 3.42. The fraction of sp³-hybridized carbons (Fsp3) is 0.125. The molecule has 7 nitrogen and oxygen atoms in total. The summed E-state index contributed by atoms with van der Waals surface area (Å²) in [7, 11) is 0. The van der Waals surface area contributed by atoms with Gasteiger partial charge in [0.2, 0.25) is 0 Å². The van der Waals surface area contributed by atoms with Crippen LogP contribution >= 0.6 is 0 Å². The van der Waals surface area contributed by atoms with Crippen molar-refractivity contribution in [3.8, 4) is 0 Å². The van der Waals surface area contributed by atoms with Gasteiger partial charge >= 0.3 is 0 Å². The zero-order valence-electron chi connectivity index (χ0n) is 12.5. The SMILES string of the molecule is Cc1cc([N+](=O)[O-])cnc1Nc1ccc(Cn2ccnc2)cc1. The van der Waals surface area contributed by atoms with Crippen LogP contribution in [0, 0.1) is 17.0 Å². The highest BCUT2D eigenvalue weighted by atomic mass is 16.6. The van der Waals surface area contributed by atoms with Crippen LogP contribution in [0.1, 0.15) is 11.1 Å². The van der Waals surface area contributed by atoms with Gasteiger partial charge in [-0.25, -0.2) is 9.97 Å². The van der Waals surface area contributed by atoms with Crippen LogP contribution < -0.4 is 5.32 Å². The van der Waals surface area contributed by atoms with Crippen LogP contribution in [0.15, 0.2) is 55.2 Å². The van der Waals surface area contributed by atoms with Crippen LogP contribution in [-0.2, 0) is 6.54 Å². The quantitative estimate of drug-likeness (QED) is 0.577. The number of hydrogen-bond donors (Lipinski definition) is 1. The predicted molar refractivity (Wildman–Crippen MR) is 86.7 cm³/mol. The fourth-order valence-corrected chi connectivity index (χ4v) is 2.21. The molecule has 7 heteroatoms. The van der Waals surface area contributed by atoms with Crippen LogP contribution in [0.3, 0.4) is 0 Å². The zero-order valence-corrected chi connectivity index (χ0v) is 12.5. The van der Waals surface area contributed by atoms with E-state index in [1.165, 1.54) is 12.3 Å². The Morgan fingerprint density at radius 1 is 1.30 bits per heavy atom. The van der Waals surface area contributed by atoms with Gasteiger partial charge in [-0.15, -0.1) is 0 Å². The molecule has 3 aromatic rings. The molecule has 0 bridgehead atoms. The van der Waals surface area contributed by atoms with Crippen molar-refractivity contribution in [2.75, 3.05) is 5.32 Å². The lowest BCUT2D eigenvalue weighted by Gasteiger charge is -2.09. The number of hydrogen-bond acceptors (Lipinski definition) is 5. The maximum Gasteiger partial charge on any atom is 0.287 e. The topological polar surface area (TPSA) is 85.9 Å². The van der Waals surface area contributed by atoms with Gasteiger partial charge in [-0.1, -0.05) is 12.1 Å². The largest absolute Gasteiger partial charge is 0.340 e. The summed E-state index contributed by atoms with van der Waals surface area (Å²) in [6, 6.07) is 9.44. The molecule has 0 fully saturated rings. The summed E-state index contributed by atoms with van der Waals surface area (Å²) in [4.78, 5) is 18.4. The minimum Gasteiger partial charge on any atom is -0.340 e. The van der Waals surface area contributed by atoms with E-state index in [0.717, 1.165) is 23.4 Å². The van der Waals surface area contributed by atoms with Crippen molar-refractivity contribution in [1.29, 1.82) is 0 Å². The minimum atomic E-state index is -0.450. The summed E-state index contributed by atoms with van der Waals surface area (Å²) in [5, 5.41) is 13.9. The van der Waals surface area contributed by atoms with Gasteiger partial charge in [0.25, 0.3) is 5.69 Å². The molecule has 0 aliphatic heterocycles. The maximum absolute atomic E-state index is 10.7. The van der Waals surface area contributed by atoms with E-state index >= 15 is 0 Å². The first kappa shape index (κ1) is 14.7. The Morgan fingerprint density at radius 3 is 2.70 bits per heavy atom. The Hall–Kier alpha value is -3.22. The lowest BCUT2D eigenvalue weighted by atomic mass is 10.2. The molecule has 0 aliphatic carbocycles. The molecule has 1 aromatic carbocycles. The van der Waals surface area contributed by atoms with Gasteiger partial charge in [0, 0.05) is 30.7 Å². The lowest BCUT2D eigenvalue weighted by Crippen LogP contribution is -1.99. The third-order valence-corrected chi connectivity index (χ3v) is 3.42. The van der Waals surface area contributed by atoms with Crippen molar-refractivity contribution in [2.45, 2.75) is 13.5 Å². The Balaban J connectivity index is 1.72. The summed E-state index contributed by atoms with van der Waals surface area (Å²) in [6.45, 7) is 2.55. The fourth-order valence-electron chi connectivity index (χ4n) is 2.21. The van der Waals surface area contributed by atoms with Crippen molar-refractivity contribution >= 4 is 17.2 Å². The molecule has 3 rings (SSSR count). The highest BCUT2D eigenvalue weighted by Crippen LogP contribution is 2.22. The van der Waals surface area contributed by atoms with Crippen molar-refractivity contribution in [3.05, 3.63) is 76.5 Å². The molecule has 23 heavy (non-hydrogen) atoms. The maximum atomic E-state index is 10.7. The number of aromatic nitrogens is 3. The van der Waals surface area contributed by atoms with Crippen molar-refractivity contribution in [1.82, 2.24) is 14.5 Å². The van der Waals surface area contributed by atoms with Crippen molar-refractivity contribution in [3.63, 3.8) is 0 Å². The molecule has 0 spiro atoms. The number of nitro groups is 1. The molecule has 2 heterocycles. The molecule has 116 valence electrons. The molecule has 2 aromatic heterocycles. The smallest absolute Gasteiger partial charge is 0.287 e. The Kier molecular flexibility index (Phi) is 4.01. The van der Waals surface area contributed by atoms with E-state index < -0.39 is 4.92 Å². The van der Waals surface area contributed by atoms with Gasteiger partial charge in [-0.05, 0) is 30.2 Å². The van der Waals surface area contributed by atoms with E-state index in [4.69, 9.17) is 0 Å². The third kappa shape index (κ3) is 3.52. The second-order valence-corrected chi connectivity index (χ2v) is 5.17. The van der Waals surface area contributed by atoms with E-state index in [0.29, 0.717) is 5.82 Å². The number of nitrogens with zero attached hydrogens (tertiary/aromatic N) is 4. The Labute approximate surface area is 132 Å². The van der Waals surface area contributed by atoms with Gasteiger partial charge in [0.05, 0.1) is 11.3 Å². The van der Waals surface area contributed by atoms with Gasteiger partial charge in [0.1, 0.15) is 12.0 Å². The number of benzene rings is 1. The molecule has 0 amide bonds. The zero-order chi connectivity index (χ0) is 16.2. The van der Waals surface area contributed by atoms with E-state index in [-0.39, 0.29) is 5.69 Å². The van der Waals surface area contributed by atoms with E-state index in [1.54, 1.807) is 19.4 Å². The molecule has 0 saturated heterocycles. The van der Waals surface area contributed by atoms with Crippen LogP contribution in [0.5, 0.6) is 0 Å². The Bertz CT molecular complexity index is 813. The summed E-state index contributed by atoms with van der Waals surface area (Å²) in [6.07, 6.45) is 6.69. The first-order chi connectivity index (χ1) is 11.1. The molecule has 0 radical (unpaired) electrons. The van der Waals surface area contributed by atoms with Gasteiger partial charge in [-0.3, -0.25) is 10.1 Å². The summed E-state index contributed by atoms with van der Waals surface area (Å²) < 4.78 is 1.99. The molecular formula is C16H15N5O2. The summed E-state index contributed by atoms with van der Waals surface area (Å²) in [5.74, 6) is 0.609. The van der Waals surface area contributed by atoms with Crippen molar-refractivity contribution in [2.24, 2.45) is 0 Å². The molecule has 0 unspecified atom stereocenters. The van der Waals surface area contributed by atoms with Crippen LogP contribution in [-0.4, -0.2) is 19.5 Å². The normalized spacial score (nSPS) is 10.5. The standard InChI is InChI=1S/C16H15N5O2/c1-12-8-15(21(22)23)9-18-16(12)19-14-4-2-13(3-5-14)10-20-7-6-17-11-20/h2-9,11H,10H2,1H3,(H,18,19). The van der Waals surface area contributed by atoms with Crippen LogP contribution in [0.2, 0.25) is 0 Å². The van der Waals surface area contributed by atoms with Crippen LogP contribution in [0.4, 0.5) is 17.2 Å². The summed E-state index contributed by atoms with van der Waals surface area (Å²) >= 11 is 0. The molecule has 0 saturated carbocycles.